The van der Waals surface area contributed by atoms with Crippen LogP contribution >= 0.6 is 0 Å². The van der Waals surface area contributed by atoms with E-state index in [-0.39, 0.29) is 0 Å². The highest BCUT2D eigenvalue weighted by molar-refractivity contribution is 5.23. The Morgan fingerprint density at radius 1 is 1.42 bits per heavy atom. The average molecular weight is 258 g/mol. The molecule has 1 aliphatic heterocycles. The zero-order chi connectivity index (χ0) is 13.2. The van der Waals surface area contributed by atoms with Crippen molar-refractivity contribution < 1.29 is 4.63 Å². The zero-order valence-electron chi connectivity index (χ0n) is 10.7. The standard InChI is InChI=1S/C12H14N6O/c1-9-12(16-19-15-9)8-17-3-2-4-18-11(7-17)5-10(6-13)14-18/h5H,2-4,7-8H2,1H3. The molecule has 3 rings (SSSR count). The maximum atomic E-state index is 8.90. The first-order chi connectivity index (χ1) is 9.26. The maximum absolute atomic E-state index is 8.90. The quantitative estimate of drug-likeness (QED) is 0.794. The minimum absolute atomic E-state index is 0.483. The molecular weight excluding hydrogens is 244 g/mol. The third-order valence-corrected chi connectivity index (χ3v) is 3.33. The van der Waals surface area contributed by atoms with Crippen LogP contribution in [0.2, 0.25) is 0 Å². The third kappa shape index (κ3) is 2.35. The molecule has 0 fully saturated rings. The molecule has 0 bridgehead atoms. The second kappa shape index (κ2) is 4.82. The largest absolute Gasteiger partial charge is 0.291 e. The predicted octanol–water partition coefficient (Wildman–Crippen LogP) is 0.852. The summed E-state index contributed by atoms with van der Waals surface area (Å²) in [5.74, 6) is 0. The number of nitriles is 1. The number of nitrogens with zero attached hydrogens (tertiary/aromatic N) is 6. The SMILES string of the molecule is Cc1nonc1CN1CCCn2nc(C#N)cc2C1. The van der Waals surface area contributed by atoms with Gasteiger partial charge in [-0.15, -0.1) is 0 Å². The topological polar surface area (TPSA) is 83.8 Å². The molecule has 1 aliphatic rings. The smallest absolute Gasteiger partial charge is 0.162 e. The predicted molar refractivity (Wildman–Crippen MR) is 64.7 cm³/mol. The van der Waals surface area contributed by atoms with Gasteiger partial charge < -0.3 is 0 Å². The van der Waals surface area contributed by atoms with Gasteiger partial charge in [0.2, 0.25) is 0 Å². The van der Waals surface area contributed by atoms with Crippen LogP contribution in [0.3, 0.4) is 0 Å². The van der Waals surface area contributed by atoms with Gasteiger partial charge in [0.05, 0.1) is 5.69 Å². The molecule has 0 radical (unpaired) electrons. The lowest BCUT2D eigenvalue weighted by molar-refractivity contribution is 0.245. The van der Waals surface area contributed by atoms with Crippen molar-refractivity contribution in [2.45, 2.75) is 33.0 Å². The van der Waals surface area contributed by atoms with Crippen molar-refractivity contribution in [1.29, 1.82) is 5.26 Å². The molecule has 2 aromatic heterocycles. The second-order valence-electron chi connectivity index (χ2n) is 4.72. The number of fused-ring (bicyclic) bond motifs is 1. The molecule has 0 amide bonds. The second-order valence-corrected chi connectivity index (χ2v) is 4.72. The fourth-order valence-corrected chi connectivity index (χ4v) is 2.32. The number of hydrogen-bond donors (Lipinski definition) is 0. The Morgan fingerprint density at radius 3 is 3.05 bits per heavy atom. The van der Waals surface area contributed by atoms with Gasteiger partial charge in [-0.3, -0.25) is 9.58 Å². The number of rotatable bonds is 2. The lowest BCUT2D eigenvalue weighted by Gasteiger charge is -2.17. The van der Waals surface area contributed by atoms with Crippen molar-refractivity contribution in [3.8, 4) is 6.07 Å². The van der Waals surface area contributed by atoms with Crippen molar-refractivity contribution in [3.05, 3.63) is 28.8 Å². The van der Waals surface area contributed by atoms with Gasteiger partial charge in [-0.05, 0) is 19.4 Å². The highest BCUT2D eigenvalue weighted by Gasteiger charge is 2.18. The minimum atomic E-state index is 0.483. The summed E-state index contributed by atoms with van der Waals surface area (Å²) in [6.07, 6.45) is 1.00. The summed E-state index contributed by atoms with van der Waals surface area (Å²) in [5, 5.41) is 20.9. The molecule has 98 valence electrons. The van der Waals surface area contributed by atoms with Crippen LogP contribution in [0.15, 0.2) is 10.7 Å². The monoisotopic (exact) mass is 258 g/mol. The summed E-state index contributed by atoms with van der Waals surface area (Å²) >= 11 is 0. The fourth-order valence-electron chi connectivity index (χ4n) is 2.32. The van der Waals surface area contributed by atoms with E-state index in [1.54, 1.807) is 0 Å². The van der Waals surface area contributed by atoms with Crippen LogP contribution in [0.4, 0.5) is 0 Å². The van der Waals surface area contributed by atoms with E-state index >= 15 is 0 Å². The Labute approximate surface area is 110 Å². The maximum Gasteiger partial charge on any atom is 0.162 e. The number of hydrogen-bond acceptors (Lipinski definition) is 6. The van der Waals surface area contributed by atoms with Crippen LogP contribution in [-0.2, 0) is 19.6 Å². The highest BCUT2D eigenvalue weighted by Crippen LogP contribution is 2.16. The van der Waals surface area contributed by atoms with Gasteiger partial charge in [0.15, 0.2) is 5.69 Å². The van der Waals surface area contributed by atoms with E-state index in [0.717, 1.165) is 43.1 Å². The first kappa shape index (κ1) is 11.9. The zero-order valence-corrected chi connectivity index (χ0v) is 10.7. The molecule has 19 heavy (non-hydrogen) atoms. The van der Waals surface area contributed by atoms with Gasteiger partial charge in [-0.1, -0.05) is 10.3 Å². The lowest BCUT2D eigenvalue weighted by Crippen LogP contribution is -2.23. The molecule has 0 unspecified atom stereocenters. The molecule has 0 atom stereocenters. The molecule has 0 aromatic carbocycles. The molecule has 7 nitrogen and oxygen atoms in total. The van der Waals surface area contributed by atoms with Gasteiger partial charge in [0, 0.05) is 26.2 Å². The van der Waals surface area contributed by atoms with Crippen LogP contribution < -0.4 is 0 Å². The van der Waals surface area contributed by atoms with E-state index in [0.29, 0.717) is 12.2 Å². The summed E-state index contributed by atoms with van der Waals surface area (Å²) in [6, 6.07) is 3.94. The molecule has 0 N–H and O–H groups in total. The summed E-state index contributed by atoms with van der Waals surface area (Å²) in [4.78, 5) is 2.27. The van der Waals surface area contributed by atoms with Crippen molar-refractivity contribution in [2.75, 3.05) is 6.54 Å². The van der Waals surface area contributed by atoms with Crippen LogP contribution in [0.5, 0.6) is 0 Å². The Kier molecular flexibility index (Phi) is 3.01. The fraction of sp³-hybridized carbons (Fsp3) is 0.500. The molecule has 7 heteroatoms. The molecule has 0 saturated carbocycles. The van der Waals surface area contributed by atoms with E-state index in [9.17, 15) is 0 Å². The van der Waals surface area contributed by atoms with E-state index < -0.39 is 0 Å². The summed E-state index contributed by atoms with van der Waals surface area (Å²) in [6.45, 7) is 5.19. The van der Waals surface area contributed by atoms with Crippen molar-refractivity contribution in [3.63, 3.8) is 0 Å². The summed E-state index contributed by atoms with van der Waals surface area (Å²) in [5.41, 5.74) is 3.25. The first-order valence-corrected chi connectivity index (χ1v) is 6.23. The lowest BCUT2D eigenvalue weighted by atomic mass is 10.3. The molecule has 0 aliphatic carbocycles. The highest BCUT2D eigenvalue weighted by atomic mass is 16.6. The van der Waals surface area contributed by atoms with Crippen LogP contribution in [0.25, 0.3) is 0 Å². The average Bonchev–Trinajstić information content (AvgIpc) is 2.92. The third-order valence-electron chi connectivity index (χ3n) is 3.33. The number of aryl methyl sites for hydroxylation is 2. The molecule has 0 spiro atoms. The first-order valence-electron chi connectivity index (χ1n) is 6.23. The Hall–Kier alpha value is -2.20. The van der Waals surface area contributed by atoms with Gasteiger partial charge in [-0.25, -0.2) is 4.63 Å². The molecule has 3 heterocycles. The van der Waals surface area contributed by atoms with E-state index in [4.69, 9.17) is 9.89 Å². The summed E-state index contributed by atoms with van der Waals surface area (Å²) in [7, 11) is 0. The van der Waals surface area contributed by atoms with Gasteiger partial charge in [-0.2, -0.15) is 10.4 Å². The van der Waals surface area contributed by atoms with Crippen LogP contribution in [0, 0.1) is 18.3 Å². The van der Waals surface area contributed by atoms with Crippen molar-refractivity contribution >= 4 is 0 Å². The van der Waals surface area contributed by atoms with Gasteiger partial charge in [0.1, 0.15) is 17.5 Å². The van der Waals surface area contributed by atoms with Crippen molar-refractivity contribution in [2.24, 2.45) is 0 Å². The molecule has 0 saturated heterocycles. The summed E-state index contributed by atoms with van der Waals surface area (Å²) < 4.78 is 6.64. The van der Waals surface area contributed by atoms with E-state index in [1.807, 2.05) is 17.7 Å². The van der Waals surface area contributed by atoms with E-state index in [1.165, 1.54) is 0 Å². The van der Waals surface area contributed by atoms with Crippen molar-refractivity contribution in [1.82, 2.24) is 25.0 Å². The minimum Gasteiger partial charge on any atom is -0.291 e. The van der Waals surface area contributed by atoms with Gasteiger partial charge >= 0.3 is 0 Å². The molecule has 2 aromatic rings. The van der Waals surface area contributed by atoms with E-state index in [2.05, 4.69) is 26.4 Å². The molecular formula is C12H14N6O. The Morgan fingerprint density at radius 2 is 2.32 bits per heavy atom. The van der Waals surface area contributed by atoms with Crippen LogP contribution in [0.1, 0.15) is 29.2 Å². The van der Waals surface area contributed by atoms with Gasteiger partial charge in [0.25, 0.3) is 0 Å². The van der Waals surface area contributed by atoms with Crippen LogP contribution in [-0.4, -0.2) is 31.5 Å². The normalized spacial score (nSPS) is 15.8. The Bertz CT molecular complexity index is 622. The Balaban J connectivity index is 1.78. The number of aromatic nitrogens is 4.